The fraction of sp³-hybridized carbons (Fsp3) is 0.533. The highest BCUT2D eigenvalue weighted by atomic mass is 79.9. The fourth-order valence-electron chi connectivity index (χ4n) is 2.66. The molecular weight excluding hydrogens is 407 g/mol. The van der Waals surface area contributed by atoms with E-state index in [2.05, 4.69) is 38.5 Å². The van der Waals surface area contributed by atoms with Gasteiger partial charge in [-0.1, -0.05) is 13.0 Å². The van der Waals surface area contributed by atoms with E-state index in [0.717, 1.165) is 16.6 Å². The van der Waals surface area contributed by atoms with Gasteiger partial charge in [-0.25, -0.2) is 9.78 Å². The largest absolute Gasteiger partial charge is 0.490 e. The molecule has 2 heterocycles. The number of carboxylic acids is 1. The lowest BCUT2D eigenvalue weighted by atomic mass is 10.0. The third kappa shape index (κ3) is 4.91. The molecule has 0 bridgehead atoms. The molecule has 3 atom stereocenters. The number of hydrogen-bond donors (Lipinski definition) is 3. The number of carbonyl (C=O) groups excluding carboxylic acids is 1. The third-order valence-electron chi connectivity index (χ3n) is 4.29. The number of hydrogen-bond acceptors (Lipinski definition) is 4. The van der Waals surface area contributed by atoms with Gasteiger partial charge in [0.25, 0.3) is 0 Å². The quantitative estimate of drug-likeness (QED) is 0.636. The Hall–Kier alpha value is -1.68. The summed E-state index contributed by atoms with van der Waals surface area (Å²) in [5.74, 6) is -2.09. The number of nitrogens with one attached hydrogen (secondary N) is 2. The molecule has 6 nitrogen and oxygen atoms in total. The first-order chi connectivity index (χ1) is 11.4. The van der Waals surface area contributed by atoms with E-state index in [1.54, 1.807) is 0 Å². The van der Waals surface area contributed by atoms with Gasteiger partial charge < -0.3 is 15.7 Å². The highest BCUT2D eigenvalue weighted by molar-refractivity contribution is 9.10. The summed E-state index contributed by atoms with van der Waals surface area (Å²) >= 11 is 3.32. The topological polar surface area (TPSA) is 91.3 Å². The third-order valence-corrected chi connectivity index (χ3v) is 4.73. The Morgan fingerprint density at radius 3 is 2.48 bits per heavy atom. The Labute approximate surface area is 150 Å². The molecule has 1 aromatic rings. The second-order valence-corrected chi connectivity index (χ2v) is 7.24. The van der Waals surface area contributed by atoms with Crippen LogP contribution < -0.4 is 10.6 Å². The van der Waals surface area contributed by atoms with Crippen LogP contribution in [0.1, 0.15) is 25.3 Å². The summed E-state index contributed by atoms with van der Waals surface area (Å²) in [5.41, 5.74) is 1.32. The van der Waals surface area contributed by atoms with E-state index in [1.807, 2.05) is 19.1 Å². The SMILES string of the molecule is Cc1ccc(Br)nc1NC(=O)[C@@H]1C[C@@]2(C)C[C@H]2N1.O=C(O)C(F)(F)F. The molecule has 1 aliphatic carbocycles. The molecule has 1 amide bonds. The lowest BCUT2D eigenvalue weighted by Gasteiger charge is -2.15. The van der Waals surface area contributed by atoms with Gasteiger partial charge in [-0.2, -0.15) is 13.2 Å². The molecule has 0 unspecified atom stereocenters. The van der Waals surface area contributed by atoms with Crippen molar-refractivity contribution in [3.8, 4) is 0 Å². The second-order valence-electron chi connectivity index (χ2n) is 6.43. The highest BCUT2D eigenvalue weighted by Gasteiger charge is 2.58. The summed E-state index contributed by atoms with van der Waals surface area (Å²) < 4.78 is 32.5. The minimum Gasteiger partial charge on any atom is -0.475 e. The predicted molar refractivity (Wildman–Crippen MR) is 87.0 cm³/mol. The number of alkyl halides is 3. The number of carboxylic acid groups (broad SMARTS) is 1. The van der Waals surface area contributed by atoms with E-state index < -0.39 is 12.1 Å². The Morgan fingerprint density at radius 1 is 1.40 bits per heavy atom. The smallest absolute Gasteiger partial charge is 0.475 e. The summed E-state index contributed by atoms with van der Waals surface area (Å²) in [4.78, 5) is 25.3. The molecule has 2 aliphatic rings. The average molecular weight is 424 g/mol. The maximum absolute atomic E-state index is 12.2. The van der Waals surface area contributed by atoms with Gasteiger partial charge in [0.15, 0.2) is 0 Å². The number of anilines is 1. The van der Waals surface area contributed by atoms with Crippen molar-refractivity contribution < 1.29 is 27.9 Å². The first kappa shape index (κ1) is 19.6. The Bertz CT molecular complexity index is 698. The molecule has 10 heteroatoms. The molecule has 3 rings (SSSR count). The Kier molecular flexibility index (Phi) is 5.43. The van der Waals surface area contributed by atoms with Gasteiger partial charge in [0.2, 0.25) is 5.91 Å². The van der Waals surface area contributed by atoms with Crippen molar-refractivity contribution in [3.63, 3.8) is 0 Å². The number of aryl methyl sites for hydroxylation is 1. The molecule has 3 N–H and O–H groups in total. The number of carbonyl (C=O) groups is 2. The molecule has 1 aromatic heterocycles. The molecule has 0 spiro atoms. The summed E-state index contributed by atoms with van der Waals surface area (Å²) in [5, 5.41) is 13.4. The monoisotopic (exact) mass is 423 g/mol. The van der Waals surface area contributed by atoms with Crippen LogP contribution in [0, 0.1) is 12.3 Å². The van der Waals surface area contributed by atoms with Gasteiger partial charge in [-0.15, -0.1) is 0 Å². The van der Waals surface area contributed by atoms with Crippen molar-refractivity contribution in [1.29, 1.82) is 0 Å². The Balaban J connectivity index is 0.000000277. The summed E-state index contributed by atoms with van der Waals surface area (Å²) in [6.45, 7) is 4.18. The zero-order valence-corrected chi connectivity index (χ0v) is 15.0. The molecule has 1 aliphatic heterocycles. The minimum absolute atomic E-state index is 0.0251. The van der Waals surface area contributed by atoms with Crippen molar-refractivity contribution in [2.75, 3.05) is 5.32 Å². The van der Waals surface area contributed by atoms with Crippen LogP contribution in [-0.2, 0) is 9.59 Å². The molecular formula is C15H17BrF3N3O3. The van der Waals surface area contributed by atoms with Crippen LogP contribution in [0.4, 0.5) is 19.0 Å². The van der Waals surface area contributed by atoms with Crippen molar-refractivity contribution >= 4 is 33.6 Å². The standard InChI is InChI=1S/C13H16BrN3O.C2HF3O2/c1-7-3-4-10(14)16-11(7)17-12(18)8-5-13(2)6-9(13)15-8;3-2(4,5)1(6)7/h3-4,8-9,15H,5-6H2,1-2H3,(H,16,17,18);(H,6,7)/t8-,9+,13-;/m0./s1. The maximum Gasteiger partial charge on any atom is 0.490 e. The lowest BCUT2D eigenvalue weighted by molar-refractivity contribution is -0.192. The fourth-order valence-corrected chi connectivity index (χ4v) is 2.97. The lowest BCUT2D eigenvalue weighted by Crippen LogP contribution is -2.38. The van der Waals surface area contributed by atoms with Crippen LogP contribution in [0.2, 0.25) is 0 Å². The number of amides is 1. The molecule has 2 fully saturated rings. The van der Waals surface area contributed by atoms with Crippen molar-refractivity contribution in [2.24, 2.45) is 5.41 Å². The minimum atomic E-state index is -5.08. The summed E-state index contributed by atoms with van der Waals surface area (Å²) in [6.07, 6.45) is -2.96. The zero-order chi connectivity index (χ0) is 19.0. The van der Waals surface area contributed by atoms with Crippen LogP contribution >= 0.6 is 15.9 Å². The Morgan fingerprint density at radius 2 is 2.00 bits per heavy atom. The first-order valence-corrected chi connectivity index (χ1v) is 8.22. The van der Waals surface area contributed by atoms with E-state index >= 15 is 0 Å². The number of aliphatic carboxylic acids is 1. The molecule has 25 heavy (non-hydrogen) atoms. The number of rotatable bonds is 2. The van der Waals surface area contributed by atoms with E-state index in [-0.39, 0.29) is 11.9 Å². The number of fused-ring (bicyclic) bond motifs is 1. The molecule has 1 saturated heterocycles. The van der Waals surface area contributed by atoms with Crippen LogP contribution in [0.5, 0.6) is 0 Å². The van der Waals surface area contributed by atoms with Crippen molar-refractivity contribution in [3.05, 3.63) is 22.3 Å². The molecule has 0 radical (unpaired) electrons. The van der Waals surface area contributed by atoms with Crippen LogP contribution in [0.15, 0.2) is 16.7 Å². The summed E-state index contributed by atoms with van der Waals surface area (Å²) in [6, 6.07) is 4.27. The van der Waals surface area contributed by atoms with E-state index in [9.17, 15) is 18.0 Å². The van der Waals surface area contributed by atoms with Gasteiger partial charge in [0, 0.05) is 6.04 Å². The highest BCUT2D eigenvalue weighted by Crippen LogP contribution is 2.53. The van der Waals surface area contributed by atoms with Crippen molar-refractivity contribution in [2.45, 2.75) is 44.9 Å². The van der Waals surface area contributed by atoms with Gasteiger partial charge in [0.1, 0.15) is 10.4 Å². The summed E-state index contributed by atoms with van der Waals surface area (Å²) in [7, 11) is 0. The number of nitrogens with zero attached hydrogens (tertiary/aromatic N) is 1. The van der Waals surface area contributed by atoms with Gasteiger partial charge in [-0.05, 0) is 52.7 Å². The van der Waals surface area contributed by atoms with Crippen molar-refractivity contribution in [1.82, 2.24) is 10.3 Å². The first-order valence-electron chi connectivity index (χ1n) is 7.42. The molecule has 0 aromatic carbocycles. The average Bonchev–Trinajstić information content (AvgIpc) is 3.00. The van der Waals surface area contributed by atoms with Gasteiger partial charge >= 0.3 is 12.1 Å². The van der Waals surface area contributed by atoms with E-state index in [4.69, 9.17) is 9.90 Å². The van der Waals surface area contributed by atoms with E-state index in [1.165, 1.54) is 6.42 Å². The normalized spacial score (nSPS) is 27.0. The van der Waals surface area contributed by atoms with Crippen LogP contribution in [0.25, 0.3) is 0 Å². The number of halogens is 4. The molecule has 138 valence electrons. The second kappa shape index (κ2) is 6.91. The zero-order valence-electron chi connectivity index (χ0n) is 13.4. The molecule has 1 saturated carbocycles. The van der Waals surface area contributed by atoms with Crippen LogP contribution in [-0.4, -0.2) is 40.2 Å². The number of aromatic nitrogens is 1. The maximum atomic E-state index is 12.2. The number of piperidine rings is 1. The predicted octanol–water partition coefficient (Wildman–Crippen LogP) is 2.86. The van der Waals surface area contributed by atoms with Crippen LogP contribution in [0.3, 0.4) is 0 Å². The van der Waals surface area contributed by atoms with Gasteiger partial charge in [0.05, 0.1) is 6.04 Å². The van der Waals surface area contributed by atoms with Gasteiger partial charge in [-0.3, -0.25) is 4.79 Å². The van der Waals surface area contributed by atoms with E-state index in [0.29, 0.717) is 17.3 Å². The number of pyridine rings is 1.